The van der Waals surface area contributed by atoms with Gasteiger partial charge in [-0.05, 0) is 19.3 Å². The van der Waals surface area contributed by atoms with Gasteiger partial charge in [0.1, 0.15) is 6.17 Å². The monoisotopic (exact) mass is 206 g/mol. The standard InChI is InChI=1S/C8H12BrF/c9-7-5-3-1-2-4-6-8(7)10/h4,6-8H,1-3,5H2/b6-4-/t7-,8-/m1/s1. The van der Waals surface area contributed by atoms with Gasteiger partial charge < -0.3 is 0 Å². The van der Waals surface area contributed by atoms with E-state index in [-0.39, 0.29) is 4.83 Å². The van der Waals surface area contributed by atoms with E-state index in [4.69, 9.17) is 0 Å². The number of rotatable bonds is 0. The molecule has 1 aliphatic carbocycles. The summed E-state index contributed by atoms with van der Waals surface area (Å²) in [5.74, 6) is 0. The van der Waals surface area contributed by atoms with Crippen LogP contribution in [0.3, 0.4) is 0 Å². The van der Waals surface area contributed by atoms with E-state index >= 15 is 0 Å². The van der Waals surface area contributed by atoms with Crippen LogP contribution in [0, 0.1) is 0 Å². The van der Waals surface area contributed by atoms with Crippen LogP contribution in [-0.2, 0) is 0 Å². The van der Waals surface area contributed by atoms with Crippen LogP contribution >= 0.6 is 15.9 Å². The molecule has 2 atom stereocenters. The van der Waals surface area contributed by atoms with Crippen molar-refractivity contribution in [1.82, 2.24) is 0 Å². The van der Waals surface area contributed by atoms with Crippen molar-refractivity contribution < 1.29 is 4.39 Å². The van der Waals surface area contributed by atoms with Crippen LogP contribution in [-0.4, -0.2) is 11.0 Å². The summed E-state index contributed by atoms with van der Waals surface area (Å²) < 4.78 is 12.9. The lowest BCUT2D eigenvalue weighted by Crippen LogP contribution is -2.13. The summed E-state index contributed by atoms with van der Waals surface area (Å²) in [6.07, 6.45) is 7.18. The number of allylic oxidation sites excluding steroid dienone is 2. The average Bonchev–Trinajstić information content (AvgIpc) is 1.92. The minimum Gasteiger partial charge on any atom is -0.242 e. The molecule has 0 spiro atoms. The van der Waals surface area contributed by atoms with Gasteiger partial charge in [0.15, 0.2) is 0 Å². The van der Waals surface area contributed by atoms with Gasteiger partial charge in [-0.2, -0.15) is 0 Å². The minimum atomic E-state index is -0.778. The van der Waals surface area contributed by atoms with Gasteiger partial charge in [-0.3, -0.25) is 0 Å². The smallest absolute Gasteiger partial charge is 0.131 e. The lowest BCUT2D eigenvalue weighted by atomic mass is 10.1. The second-order valence-corrected chi connectivity index (χ2v) is 3.85. The summed E-state index contributed by atoms with van der Waals surface area (Å²) in [4.78, 5) is 0.0454. The highest BCUT2D eigenvalue weighted by Crippen LogP contribution is 2.20. The molecule has 1 aliphatic rings. The van der Waals surface area contributed by atoms with E-state index in [1.54, 1.807) is 6.08 Å². The Kier molecular flexibility index (Phi) is 3.40. The predicted octanol–water partition coefficient (Wildman–Crippen LogP) is 3.22. The van der Waals surface area contributed by atoms with Gasteiger partial charge in [0.05, 0.1) is 0 Å². The third-order valence-corrected chi connectivity index (χ3v) is 2.73. The molecule has 1 rings (SSSR count). The molecule has 0 amide bonds. The molecule has 0 unspecified atom stereocenters. The molecule has 0 radical (unpaired) electrons. The molecule has 0 N–H and O–H groups in total. The zero-order valence-electron chi connectivity index (χ0n) is 5.89. The summed E-state index contributed by atoms with van der Waals surface area (Å²) >= 11 is 3.31. The van der Waals surface area contributed by atoms with Gasteiger partial charge in [-0.25, -0.2) is 4.39 Å². The number of hydrogen-bond acceptors (Lipinski definition) is 0. The SMILES string of the molecule is F[C@@H]1/C=C\CCCC[C@H]1Br. The molecule has 0 saturated heterocycles. The first-order valence-electron chi connectivity index (χ1n) is 3.75. The molecule has 0 aromatic rings. The van der Waals surface area contributed by atoms with Gasteiger partial charge in [0.25, 0.3) is 0 Å². The molecule has 0 heterocycles. The van der Waals surface area contributed by atoms with Gasteiger partial charge in [0.2, 0.25) is 0 Å². The molecule has 0 nitrogen and oxygen atoms in total. The molecule has 58 valence electrons. The zero-order chi connectivity index (χ0) is 7.40. The van der Waals surface area contributed by atoms with Crippen molar-refractivity contribution in [1.29, 1.82) is 0 Å². The molecule has 0 aliphatic heterocycles. The zero-order valence-corrected chi connectivity index (χ0v) is 7.48. The average molecular weight is 207 g/mol. The summed E-state index contributed by atoms with van der Waals surface area (Å²) in [6.45, 7) is 0. The van der Waals surface area contributed by atoms with E-state index in [1.165, 1.54) is 6.42 Å². The van der Waals surface area contributed by atoms with Gasteiger partial charge in [-0.15, -0.1) is 0 Å². The van der Waals surface area contributed by atoms with E-state index in [0.29, 0.717) is 0 Å². The summed E-state index contributed by atoms with van der Waals surface area (Å²) in [5, 5.41) is 0. The minimum absolute atomic E-state index is 0.0454. The van der Waals surface area contributed by atoms with Gasteiger partial charge in [-0.1, -0.05) is 34.5 Å². The van der Waals surface area contributed by atoms with Crippen LogP contribution in [0.15, 0.2) is 12.2 Å². The lowest BCUT2D eigenvalue weighted by Gasteiger charge is -2.13. The number of alkyl halides is 2. The largest absolute Gasteiger partial charge is 0.242 e. The highest BCUT2D eigenvalue weighted by molar-refractivity contribution is 9.09. The van der Waals surface area contributed by atoms with Crippen molar-refractivity contribution >= 4 is 15.9 Å². The second kappa shape index (κ2) is 4.12. The van der Waals surface area contributed by atoms with Crippen molar-refractivity contribution in [3.63, 3.8) is 0 Å². The Balaban J connectivity index is 2.44. The summed E-state index contributed by atoms with van der Waals surface area (Å²) in [7, 11) is 0. The molecular weight excluding hydrogens is 195 g/mol. The van der Waals surface area contributed by atoms with Crippen LogP contribution in [0.4, 0.5) is 4.39 Å². The van der Waals surface area contributed by atoms with Crippen LogP contribution in [0.1, 0.15) is 25.7 Å². The van der Waals surface area contributed by atoms with E-state index in [2.05, 4.69) is 15.9 Å². The van der Waals surface area contributed by atoms with E-state index in [0.717, 1.165) is 19.3 Å². The molecule has 0 aromatic heterocycles. The van der Waals surface area contributed by atoms with Crippen molar-refractivity contribution in [2.24, 2.45) is 0 Å². The van der Waals surface area contributed by atoms with Gasteiger partial charge in [0, 0.05) is 4.83 Å². The highest BCUT2D eigenvalue weighted by Gasteiger charge is 2.15. The maximum atomic E-state index is 12.9. The first-order chi connectivity index (χ1) is 4.80. The maximum Gasteiger partial charge on any atom is 0.131 e. The van der Waals surface area contributed by atoms with Crippen molar-refractivity contribution in [2.45, 2.75) is 36.7 Å². The fourth-order valence-corrected chi connectivity index (χ4v) is 1.61. The topological polar surface area (TPSA) is 0 Å². The Labute approximate surface area is 69.6 Å². The Morgan fingerprint density at radius 2 is 2.20 bits per heavy atom. The van der Waals surface area contributed by atoms with Gasteiger partial charge >= 0.3 is 0 Å². The molecular formula is C8H12BrF. The molecule has 0 saturated carbocycles. The number of halogens is 2. The second-order valence-electron chi connectivity index (χ2n) is 2.67. The van der Waals surface area contributed by atoms with Crippen LogP contribution in [0.5, 0.6) is 0 Å². The summed E-state index contributed by atoms with van der Waals surface area (Å²) in [5.41, 5.74) is 0. The normalized spacial score (nSPS) is 38.2. The van der Waals surface area contributed by atoms with E-state index < -0.39 is 6.17 Å². The number of hydrogen-bond donors (Lipinski definition) is 0. The Morgan fingerprint density at radius 1 is 1.40 bits per heavy atom. The molecule has 0 bridgehead atoms. The van der Waals surface area contributed by atoms with Crippen molar-refractivity contribution in [2.75, 3.05) is 0 Å². The Bertz CT molecular complexity index is 122. The lowest BCUT2D eigenvalue weighted by molar-refractivity contribution is 0.373. The highest BCUT2D eigenvalue weighted by atomic mass is 79.9. The van der Waals surface area contributed by atoms with E-state index in [9.17, 15) is 4.39 Å². The van der Waals surface area contributed by atoms with Crippen LogP contribution in [0.2, 0.25) is 0 Å². The third-order valence-electron chi connectivity index (χ3n) is 1.77. The summed E-state index contributed by atoms with van der Waals surface area (Å²) in [6, 6.07) is 0. The quantitative estimate of drug-likeness (QED) is 0.422. The Hall–Kier alpha value is 0.150. The Morgan fingerprint density at radius 3 is 3.00 bits per heavy atom. The first-order valence-corrected chi connectivity index (χ1v) is 4.67. The predicted molar refractivity (Wildman–Crippen MR) is 45.2 cm³/mol. The maximum absolute atomic E-state index is 12.9. The van der Waals surface area contributed by atoms with Crippen molar-refractivity contribution in [3.05, 3.63) is 12.2 Å². The van der Waals surface area contributed by atoms with Crippen molar-refractivity contribution in [3.8, 4) is 0 Å². The third kappa shape index (κ3) is 2.41. The molecule has 0 fully saturated rings. The molecule has 10 heavy (non-hydrogen) atoms. The first kappa shape index (κ1) is 8.25. The van der Waals surface area contributed by atoms with Crippen LogP contribution in [0.25, 0.3) is 0 Å². The fraction of sp³-hybridized carbons (Fsp3) is 0.750. The van der Waals surface area contributed by atoms with Crippen LogP contribution < -0.4 is 0 Å². The fourth-order valence-electron chi connectivity index (χ4n) is 1.11. The van der Waals surface area contributed by atoms with E-state index in [1.807, 2.05) is 6.08 Å². The molecule has 0 aromatic carbocycles. The molecule has 2 heteroatoms.